The second kappa shape index (κ2) is 7.69. The van der Waals surface area contributed by atoms with Crippen LogP contribution in [0.5, 0.6) is 5.75 Å². The number of anilines is 3. The minimum atomic E-state index is -0.278. The van der Waals surface area contributed by atoms with Crippen LogP contribution in [0.1, 0.15) is 10.4 Å². The topological polar surface area (TPSA) is 73.9 Å². The van der Waals surface area contributed by atoms with Crippen LogP contribution in [-0.2, 0) is 4.79 Å². The Kier molecular flexibility index (Phi) is 5.11. The van der Waals surface area contributed by atoms with Crippen LogP contribution in [0.3, 0.4) is 0 Å². The maximum Gasteiger partial charge on any atom is 0.262 e. The molecule has 2 N–H and O–H groups in total. The summed E-state index contributed by atoms with van der Waals surface area (Å²) in [6.45, 7) is 3.66. The van der Waals surface area contributed by atoms with E-state index in [1.807, 2.05) is 12.1 Å². The van der Waals surface area contributed by atoms with Crippen LogP contribution in [0.2, 0.25) is 5.02 Å². The fourth-order valence-electron chi connectivity index (χ4n) is 3.35. The largest absolute Gasteiger partial charge is 0.482 e. The summed E-state index contributed by atoms with van der Waals surface area (Å²) in [5.74, 6) is 0.0366. The Hall–Kier alpha value is -2.77. The van der Waals surface area contributed by atoms with Crippen LogP contribution in [0, 0.1) is 0 Å². The molecule has 0 spiro atoms. The summed E-state index contributed by atoms with van der Waals surface area (Å²) in [6, 6.07) is 10.5. The molecule has 2 amide bonds. The monoisotopic (exact) mass is 400 g/mol. The summed E-state index contributed by atoms with van der Waals surface area (Å²) in [6.07, 6.45) is 0. The van der Waals surface area contributed by atoms with Gasteiger partial charge in [0.25, 0.3) is 11.8 Å². The number of ether oxygens (including phenoxy) is 1. The van der Waals surface area contributed by atoms with E-state index in [1.54, 1.807) is 24.3 Å². The number of nitrogens with one attached hydrogen (secondary N) is 2. The van der Waals surface area contributed by atoms with Crippen molar-refractivity contribution in [1.29, 1.82) is 0 Å². The Morgan fingerprint density at radius 2 is 1.93 bits per heavy atom. The van der Waals surface area contributed by atoms with Crippen molar-refractivity contribution in [2.24, 2.45) is 0 Å². The highest BCUT2D eigenvalue weighted by atomic mass is 35.5. The van der Waals surface area contributed by atoms with Crippen molar-refractivity contribution in [3.63, 3.8) is 0 Å². The van der Waals surface area contributed by atoms with E-state index < -0.39 is 0 Å². The predicted octanol–water partition coefficient (Wildman–Crippen LogP) is 2.68. The van der Waals surface area contributed by atoms with Gasteiger partial charge in [0, 0.05) is 36.8 Å². The molecule has 146 valence electrons. The molecule has 0 saturated carbocycles. The van der Waals surface area contributed by atoms with Gasteiger partial charge in [-0.1, -0.05) is 11.6 Å². The van der Waals surface area contributed by atoms with Gasteiger partial charge in [-0.05, 0) is 43.4 Å². The summed E-state index contributed by atoms with van der Waals surface area (Å²) in [5, 5.41) is 6.23. The molecule has 0 bridgehead atoms. The SMILES string of the molecule is CN1CCN(c2ccc(Cl)cc2NC(=O)c2ccc3c(c2)NC(=O)CO3)CC1. The number of amides is 2. The molecule has 2 heterocycles. The number of carbonyl (C=O) groups is 2. The van der Waals surface area contributed by atoms with Crippen LogP contribution < -0.4 is 20.3 Å². The van der Waals surface area contributed by atoms with Gasteiger partial charge in [-0.25, -0.2) is 0 Å². The van der Waals surface area contributed by atoms with E-state index in [9.17, 15) is 9.59 Å². The highest BCUT2D eigenvalue weighted by molar-refractivity contribution is 6.31. The molecule has 2 aromatic rings. The molecule has 2 aliphatic rings. The van der Waals surface area contributed by atoms with Gasteiger partial charge in [0.1, 0.15) is 5.75 Å². The van der Waals surface area contributed by atoms with Crippen LogP contribution in [0.4, 0.5) is 17.1 Å². The van der Waals surface area contributed by atoms with E-state index in [2.05, 4.69) is 27.5 Å². The number of hydrogen-bond acceptors (Lipinski definition) is 5. The van der Waals surface area contributed by atoms with E-state index in [-0.39, 0.29) is 18.4 Å². The third kappa shape index (κ3) is 3.90. The fourth-order valence-corrected chi connectivity index (χ4v) is 3.52. The highest BCUT2D eigenvalue weighted by Crippen LogP contribution is 2.32. The molecular formula is C20H21ClN4O3. The van der Waals surface area contributed by atoms with Crippen LogP contribution in [0.15, 0.2) is 36.4 Å². The van der Waals surface area contributed by atoms with E-state index in [0.29, 0.717) is 27.7 Å². The second-order valence-electron chi connectivity index (χ2n) is 6.95. The number of hydrogen-bond donors (Lipinski definition) is 2. The van der Waals surface area contributed by atoms with E-state index in [0.717, 1.165) is 31.9 Å². The lowest BCUT2D eigenvalue weighted by atomic mass is 10.1. The van der Waals surface area contributed by atoms with Gasteiger partial charge < -0.3 is 25.2 Å². The Morgan fingerprint density at radius 1 is 1.14 bits per heavy atom. The smallest absolute Gasteiger partial charge is 0.262 e. The van der Waals surface area contributed by atoms with Crippen molar-refractivity contribution in [2.75, 3.05) is 55.4 Å². The lowest BCUT2D eigenvalue weighted by Crippen LogP contribution is -2.44. The Balaban J connectivity index is 1.57. The Morgan fingerprint density at radius 3 is 2.71 bits per heavy atom. The number of fused-ring (bicyclic) bond motifs is 1. The van der Waals surface area contributed by atoms with Crippen LogP contribution >= 0.6 is 11.6 Å². The lowest BCUT2D eigenvalue weighted by molar-refractivity contribution is -0.118. The predicted molar refractivity (Wildman–Crippen MR) is 110 cm³/mol. The summed E-state index contributed by atoms with van der Waals surface area (Å²) in [4.78, 5) is 28.9. The van der Waals surface area contributed by atoms with Crippen LogP contribution in [-0.4, -0.2) is 56.5 Å². The molecular weight excluding hydrogens is 380 g/mol. The zero-order chi connectivity index (χ0) is 19.7. The molecule has 4 rings (SSSR count). The standard InChI is InChI=1S/C20H21ClN4O3/c1-24-6-8-25(9-7-24)17-4-3-14(21)11-15(17)23-20(27)13-2-5-18-16(10-13)22-19(26)12-28-18/h2-5,10-11H,6-9,12H2,1H3,(H,22,26)(H,23,27). The molecule has 2 aromatic carbocycles. The van der Waals surface area contributed by atoms with Gasteiger partial charge in [0.05, 0.1) is 17.1 Å². The minimum Gasteiger partial charge on any atom is -0.482 e. The van der Waals surface area contributed by atoms with E-state index >= 15 is 0 Å². The lowest BCUT2D eigenvalue weighted by Gasteiger charge is -2.35. The van der Waals surface area contributed by atoms with Gasteiger partial charge in [-0.3, -0.25) is 9.59 Å². The third-order valence-electron chi connectivity index (χ3n) is 4.93. The Labute approximate surface area is 168 Å². The normalized spacial score (nSPS) is 16.8. The first-order chi connectivity index (χ1) is 13.5. The maximum absolute atomic E-state index is 12.8. The first-order valence-electron chi connectivity index (χ1n) is 9.11. The number of carbonyl (C=O) groups excluding carboxylic acids is 2. The van der Waals surface area contributed by atoms with Crippen molar-refractivity contribution in [3.8, 4) is 5.75 Å². The first-order valence-corrected chi connectivity index (χ1v) is 9.48. The second-order valence-corrected chi connectivity index (χ2v) is 7.39. The molecule has 0 radical (unpaired) electrons. The molecule has 0 atom stereocenters. The van der Waals surface area contributed by atoms with Crippen molar-refractivity contribution < 1.29 is 14.3 Å². The van der Waals surface area contributed by atoms with E-state index in [4.69, 9.17) is 16.3 Å². The van der Waals surface area contributed by atoms with Gasteiger partial charge in [0.15, 0.2) is 6.61 Å². The van der Waals surface area contributed by atoms with Crippen molar-refractivity contribution in [2.45, 2.75) is 0 Å². The zero-order valence-corrected chi connectivity index (χ0v) is 16.3. The van der Waals surface area contributed by atoms with Crippen molar-refractivity contribution in [1.82, 2.24) is 4.90 Å². The Bertz CT molecular complexity index is 926. The summed E-state index contributed by atoms with van der Waals surface area (Å²) < 4.78 is 5.34. The summed E-state index contributed by atoms with van der Waals surface area (Å²) >= 11 is 6.18. The minimum absolute atomic E-state index is 0.0184. The average Bonchev–Trinajstić information content (AvgIpc) is 2.68. The number of halogens is 1. The summed E-state index contributed by atoms with van der Waals surface area (Å²) in [5.41, 5.74) is 2.53. The molecule has 7 nitrogen and oxygen atoms in total. The molecule has 0 aliphatic carbocycles. The number of rotatable bonds is 3. The molecule has 28 heavy (non-hydrogen) atoms. The first kappa shape index (κ1) is 18.6. The molecule has 1 fully saturated rings. The van der Waals surface area contributed by atoms with Gasteiger partial charge in [-0.2, -0.15) is 0 Å². The number of nitrogens with zero attached hydrogens (tertiary/aromatic N) is 2. The summed E-state index contributed by atoms with van der Waals surface area (Å²) in [7, 11) is 2.10. The molecule has 8 heteroatoms. The number of benzene rings is 2. The zero-order valence-electron chi connectivity index (χ0n) is 15.5. The number of likely N-dealkylation sites (N-methyl/N-ethyl adjacent to an activating group) is 1. The van der Waals surface area contributed by atoms with Gasteiger partial charge in [-0.15, -0.1) is 0 Å². The molecule has 0 aromatic heterocycles. The van der Waals surface area contributed by atoms with Crippen molar-refractivity contribution in [3.05, 3.63) is 47.0 Å². The average molecular weight is 401 g/mol. The number of piperazine rings is 1. The maximum atomic E-state index is 12.8. The quantitative estimate of drug-likeness (QED) is 0.828. The fraction of sp³-hybridized carbons (Fsp3) is 0.300. The van der Waals surface area contributed by atoms with Gasteiger partial charge in [0.2, 0.25) is 0 Å². The molecule has 2 aliphatic heterocycles. The molecule has 0 unspecified atom stereocenters. The molecule has 1 saturated heterocycles. The highest BCUT2D eigenvalue weighted by Gasteiger charge is 2.21. The van der Waals surface area contributed by atoms with Crippen LogP contribution in [0.25, 0.3) is 0 Å². The third-order valence-corrected chi connectivity index (χ3v) is 5.16. The van der Waals surface area contributed by atoms with Crippen molar-refractivity contribution >= 4 is 40.5 Å². The van der Waals surface area contributed by atoms with Gasteiger partial charge >= 0.3 is 0 Å². The van der Waals surface area contributed by atoms with E-state index in [1.165, 1.54) is 0 Å².